The lowest BCUT2D eigenvalue weighted by atomic mass is 9.79. The van der Waals surface area contributed by atoms with E-state index in [-0.39, 0.29) is 53.8 Å². The quantitative estimate of drug-likeness (QED) is 0.350. The average Bonchev–Trinajstić information content (AvgIpc) is 3.25. The van der Waals surface area contributed by atoms with Crippen LogP contribution in [0.2, 0.25) is 0 Å². The predicted octanol–water partition coefficient (Wildman–Crippen LogP) is -0.105. The Morgan fingerprint density at radius 1 is 1.16 bits per heavy atom. The minimum atomic E-state index is -2.92. The highest BCUT2D eigenvalue weighted by molar-refractivity contribution is 5.90. The van der Waals surface area contributed by atoms with Crippen LogP contribution < -0.4 is 22.3 Å². The Morgan fingerprint density at radius 3 is 2.51 bits per heavy atom. The van der Waals surface area contributed by atoms with Gasteiger partial charge in [-0.2, -0.15) is 0 Å². The molecule has 2 unspecified atom stereocenters. The summed E-state index contributed by atoms with van der Waals surface area (Å²) in [5.41, 5.74) is -1.88. The molecule has 1 saturated carbocycles. The van der Waals surface area contributed by atoms with Crippen LogP contribution in [-0.2, 0) is 19.9 Å². The van der Waals surface area contributed by atoms with Crippen LogP contribution in [0.25, 0.3) is 0 Å². The molecule has 4 fully saturated rings. The molecule has 4 heterocycles. The van der Waals surface area contributed by atoms with Gasteiger partial charge in [-0.25, -0.2) is 23.5 Å². The number of hydrogen-bond acceptors (Lipinski definition) is 6. The lowest BCUT2D eigenvalue weighted by Crippen LogP contribution is -3.00. The van der Waals surface area contributed by atoms with E-state index in [2.05, 4.69) is 15.3 Å². The molecule has 0 spiro atoms. The molecule has 3 saturated heterocycles. The zero-order valence-corrected chi connectivity index (χ0v) is 21.9. The lowest BCUT2D eigenvalue weighted by molar-refractivity contribution is -0.939. The van der Waals surface area contributed by atoms with Crippen LogP contribution in [0.1, 0.15) is 37.7 Å². The average molecular weight is 581 g/mol. The van der Waals surface area contributed by atoms with Gasteiger partial charge in [0.1, 0.15) is 18.7 Å². The van der Waals surface area contributed by atoms with Gasteiger partial charge in [-0.15, -0.1) is 0 Å². The first-order valence-corrected chi connectivity index (χ1v) is 12.5. The van der Waals surface area contributed by atoms with Gasteiger partial charge in [0.05, 0.1) is 13.1 Å². The van der Waals surface area contributed by atoms with Crippen molar-refractivity contribution in [2.45, 2.75) is 49.7 Å². The number of nitrogens with zero attached hydrogens (tertiary/aromatic N) is 3. The molecule has 2 bridgehead atoms. The summed E-state index contributed by atoms with van der Waals surface area (Å²) >= 11 is 0. The second-order valence-electron chi connectivity index (χ2n) is 10.5. The van der Waals surface area contributed by atoms with Gasteiger partial charge < -0.3 is 36.6 Å². The third-order valence-electron chi connectivity index (χ3n) is 8.15. The van der Waals surface area contributed by atoms with E-state index in [0.717, 1.165) is 25.9 Å². The molecule has 200 valence electrons. The normalized spacial score (nSPS) is 29.5. The van der Waals surface area contributed by atoms with Crippen LogP contribution in [0.5, 0.6) is 0 Å². The number of esters is 1. The fraction of sp³-hybridized carbons (Fsp3) is 0.538. The summed E-state index contributed by atoms with van der Waals surface area (Å²) in [6.45, 7) is 2.23. The van der Waals surface area contributed by atoms with Gasteiger partial charge in [0.2, 0.25) is 5.92 Å². The molecule has 2 N–H and O–H groups in total. The second kappa shape index (κ2) is 10.7. The molecule has 0 radical (unpaired) electrons. The van der Waals surface area contributed by atoms with E-state index in [4.69, 9.17) is 4.74 Å². The van der Waals surface area contributed by atoms with Gasteiger partial charge in [-0.3, -0.25) is 4.79 Å². The Bertz CT molecular complexity index is 1100. The number of hydrogen-bond donors (Lipinski definition) is 2. The summed E-state index contributed by atoms with van der Waals surface area (Å²) < 4.78 is 34.6. The van der Waals surface area contributed by atoms with E-state index < -0.39 is 35.9 Å². The Hall–Kier alpha value is -2.50. The largest absolute Gasteiger partial charge is 1.00 e. The number of fused-ring (bicyclic) bond motifs is 3. The van der Waals surface area contributed by atoms with Crippen molar-refractivity contribution in [3.8, 4) is 0 Å². The first kappa shape index (κ1) is 27.5. The number of piperidine rings is 3. The molecule has 6 rings (SSSR count). The fourth-order valence-electron chi connectivity index (χ4n) is 6.17. The van der Waals surface area contributed by atoms with Crippen molar-refractivity contribution >= 4 is 17.7 Å². The molecule has 2 aromatic rings. The molecule has 8 nitrogen and oxygen atoms in total. The first-order valence-electron chi connectivity index (χ1n) is 12.5. The highest BCUT2D eigenvalue weighted by Gasteiger charge is 2.56. The van der Waals surface area contributed by atoms with Gasteiger partial charge in [0.25, 0.3) is 5.91 Å². The van der Waals surface area contributed by atoms with E-state index in [1.165, 1.54) is 6.33 Å². The number of aliphatic hydroxyl groups is 1. The molecule has 37 heavy (non-hydrogen) atoms. The standard InChI is InChI=1S/C26H30F2N4O4.BrH/c27-25(28)10-6-20(14-25)26(35,19-4-2-1-3-5-19)24(34)36-21-15-32(12-8-18(21)9-13-32)16-23(33)31-22-7-11-29-17-30-22;/h1-5,7,11,17-18,20-21,35H,6,8-10,12-16H2;1H/t18?,20?,21-,26?,32?;/m0./s1. The monoisotopic (exact) mass is 580 g/mol. The van der Waals surface area contributed by atoms with Crippen molar-refractivity contribution in [2.24, 2.45) is 11.8 Å². The van der Waals surface area contributed by atoms with Gasteiger partial charge in [0.15, 0.2) is 18.2 Å². The Kier molecular flexibility index (Phi) is 7.96. The van der Waals surface area contributed by atoms with Gasteiger partial charge in [0, 0.05) is 43.7 Å². The van der Waals surface area contributed by atoms with Crippen LogP contribution >= 0.6 is 0 Å². The third-order valence-corrected chi connectivity index (χ3v) is 8.15. The summed E-state index contributed by atoms with van der Waals surface area (Å²) in [5.74, 6) is -4.39. The molecule has 11 heteroatoms. The maximum Gasteiger partial charge on any atom is 0.343 e. The van der Waals surface area contributed by atoms with Gasteiger partial charge >= 0.3 is 5.97 Å². The number of rotatable bonds is 7. The van der Waals surface area contributed by atoms with Crippen LogP contribution in [0.15, 0.2) is 48.9 Å². The fourth-order valence-corrected chi connectivity index (χ4v) is 6.17. The van der Waals surface area contributed by atoms with Crippen LogP contribution in [0.4, 0.5) is 14.6 Å². The van der Waals surface area contributed by atoms with Crippen molar-refractivity contribution in [1.82, 2.24) is 9.97 Å². The number of benzene rings is 1. The van der Waals surface area contributed by atoms with E-state index in [9.17, 15) is 23.5 Å². The number of carbonyl (C=O) groups is 2. The number of nitrogens with one attached hydrogen (secondary N) is 1. The maximum absolute atomic E-state index is 14.1. The van der Waals surface area contributed by atoms with Crippen LogP contribution in [0, 0.1) is 11.8 Å². The maximum atomic E-state index is 14.1. The number of ether oxygens (including phenoxy) is 1. The lowest BCUT2D eigenvalue weighted by Gasteiger charge is -2.51. The predicted molar refractivity (Wildman–Crippen MR) is 126 cm³/mol. The summed E-state index contributed by atoms with van der Waals surface area (Å²) in [6.07, 6.45) is 3.07. The van der Waals surface area contributed by atoms with Gasteiger partial charge in [-0.1, -0.05) is 30.3 Å². The topological polar surface area (TPSA) is 101 Å². The number of quaternary nitrogens is 1. The number of alkyl halides is 2. The first-order chi connectivity index (χ1) is 17.2. The number of aromatic nitrogens is 2. The molecule has 4 aliphatic rings. The molecule has 3 aliphatic heterocycles. The number of halogens is 3. The Morgan fingerprint density at radius 2 is 1.89 bits per heavy atom. The zero-order valence-electron chi connectivity index (χ0n) is 20.4. The van der Waals surface area contributed by atoms with E-state index in [1.807, 2.05) is 0 Å². The second-order valence-corrected chi connectivity index (χ2v) is 10.5. The van der Waals surface area contributed by atoms with Crippen LogP contribution in [-0.4, -0.2) is 69.6 Å². The molecule has 1 amide bonds. The summed E-state index contributed by atoms with van der Waals surface area (Å²) in [6, 6.07) is 9.87. The molecular formula is C26H31BrF2N4O4. The Balaban J connectivity index is 0.00000320. The molecule has 1 aliphatic carbocycles. The summed E-state index contributed by atoms with van der Waals surface area (Å²) in [5, 5.41) is 14.5. The SMILES string of the molecule is O=C(C[N+]12CCC(CC1)[C@@H](OC(=O)C(O)(c1ccccc1)C1CCC(F)(F)C1)C2)Nc1ccncn1.[Br-]. The highest BCUT2D eigenvalue weighted by atomic mass is 79.9. The molecule has 1 aromatic carbocycles. The molecule has 3 atom stereocenters. The van der Waals surface area contributed by atoms with E-state index >= 15 is 0 Å². The van der Waals surface area contributed by atoms with Crippen molar-refractivity contribution in [1.29, 1.82) is 0 Å². The zero-order chi connectivity index (χ0) is 25.4. The summed E-state index contributed by atoms with van der Waals surface area (Å²) in [7, 11) is 0. The third kappa shape index (κ3) is 5.68. The summed E-state index contributed by atoms with van der Waals surface area (Å²) in [4.78, 5) is 34.2. The van der Waals surface area contributed by atoms with E-state index in [1.54, 1.807) is 42.6 Å². The van der Waals surface area contributed by atoms with Crippen molar-refractivity contribution in [3.05, 3.63) is 54.5 Å². The number of anilines is 1. The molecule has 1 aromatic heterocycles. The number of carbonyl (C=O) groups excluding carboxylic acids is 2. The Labute approximate surface area is 224 Å². The van der Waals surface area contributed by atoms with Crippen molar-refractivity contribution in [2.75, 3.05) is 31.5 Å². The van der Waals surface area contributed by atoms with Crippen molar-refractivity contribution < 1.29 is 49.7 Å². The minimum Gasteiger partial charge on any atom is -1.00 e. The minimum absolute atomic E-state index is 0. The van der Waals surface area contributed by atoms with E-state index in [0.29, 0.717) is 16.8 Å². The van der Waals surface area contributed by atoms with Crippen LogP contribution in [0.3, 0.4) is 0 Å². The van der Waals surface area contributed by atoms with Gasteiger partial charge in [-0.05, 0) is 18.1 Å². The molecular weight excluding hydrogens is 550 g/mol. The highest BCUT2D eigenvalue weighted by Crippen LogP contribution is 2.48. The number of amides is 1. The smallest absolute Gasteiger partial charge is 0.343 e. The van der Waals surface area contributed by atoms with Crippen molar-refractivity contribution in [3.63, 3.8) is 0 Å².